The highest BCUT2D eigenvalue weighted by molar-refractivity contribution is 5.69. The molecular formula is C56H102O14. The maximum absolute atomic E-state index is 13.1. The minimum absolute atomic E-state index is 0.0547. The Bertz CT molecular complexity index is 1300. The Hall–Kier alpha value is -1.79. The Morgan fingerprint density at radius 2 is 0.900 bits per heavy atom. The summed E-state index contributed by atoms with van der Waals surface area (Å²) < 4.78 is 34.3. The van der Waals surface area contributed by atoms with Crippen molar-refractivity contribution in [1.82, 2.24) is 0 Å². The zero-order chi connectivity index (χ0) is 50.9. The smallest absolute Gasteiger partial charge is 0.306 e. The molecule has 11 unspecified atom stereocenters. The second-order valence-corrected chi connectivity index (χ2v) is 19.8. The molecule has 2 aliphatic rings. The minimum atomic E-state index is -1.71. The lowest BCUT2D eigenvalue weighted by molar-refractivity contribution is -0.332. The molecule has 70 heavy (non-hydrogen) atoms. The lowest BCUT2D eigenvalue weighted by Crippen LogP contribution is -2.61. The molecule has 2 saturated heterocycles. The van der Waals surface area contributed by atoms with Gasteiger partial charge in [-0.2, -0.15) is 0 Å². The van der Waals surface area contributed by atoms with Gasteiger partial charge in [0.15, 0.2) is 12.6 Å². The molecule has 14 heteroatoms. The molecule has 0 saturated carbocycles. The van der Waals surface area contributed by atoms with Crippen LogP contribution in [0.5, 0.6) is 0 Å². The molecule has 0 aliphatic carbocycles. The van der Waals surface area contributed by atoms with Crippen molar-refractivity contribution < 1.29 is 69.0 Å². The monoisotopic (exact) mass is 999 g/mol. The standard InChI is InChI=1S/C56H102O14/c1-3-5-7-9-11-13-15-17-19-20-21-22-23-24-25-27-29-31-33-35-37-39-48(58)68-45(42-65-40-38-36-34-32-30-28-26-18-16-14-12-10-8-6-4-2)43-66-55-54(64)52(62)50(60)47(70-55)44-67-56-53(63)51(61)49(59)46(41-57)69-56/h10,12,16,18,20-21,45-47,49-57,59-64H,3-9,11,13-15,17,19,22-44H2,1-2H3/b12-10-,18-16-,21-20-. The summed E-state index contributed by atoms with van der Waals surface area (Å²) >= 11 is 0. The van der Waals surface area contributed by atoms with Gasteiger partial charge in [0.2, 0.25) is 0 Å². The third-order valence-electron chi connectivity index (χ3n) is 13.4. The fourth-order valence-corrected chi connectivity index (χ4v) is 8.77. The summed E-state index contributed by atoms with van der Waals surface area (Å²) in [5, 5.41) is 72.2. The van der Waals surface area contributed by atoms with Gasteiger partial charge in [-0.15, -0.1) is 0 Å². The second-order valence-electron chi connectivity index (χ2n) is 19.8. The number of esters is 1. The zero-order valence-corrected chi connectivity index (χ0v) is 43.8. The summed E-state index contributed by atoms with van der Waals surface area (Å²) in [6.45, 7) is 3.64. The van der Waals surface area contributed by atoms with Gasteiger partial charge in [-0.05, 0) is 64.2 Å². The number of aliphatic hydroxyl groups excluding tert-OH is 7. The van der Waals surface area contributed by atoms with E-state index < -0.39 is 80.7 Å². The Kier molecular flexibility index (Phi) is 40.1. The molecule has 0 aromatic carbocycles. The van der Waals surface area contributed by atoms with Crippen LogP contribution >= 0.6 is 0 Å². The molecule has 0 spiro atoms. The van der Waals surface area contributed by atoms with Crippen LogP contribution in [0.2, 0.25) is 0 Å². The van der Waals surface area contributed by atoms with E-state index in [-0.39, 0.29) is 25.6 Å². The Morgan fingerprint density at radius 1 is 0.471 bits per heavy atom. The van der Waals surface area contributed by atoms with Gasteiger partial charge in [0.1, 0.15) is 54.9 Å². The number of hydrogen-bond donors (Lipinski definition) is 7. The van der Waals surface area contributed by atoms with E-state index in [2.05, 4.69) is 50.3 Å². The van der Waals surface area contributed by atoms with Gasteiger partial charge in [0.25, 0.3) is 0 Å². The van der Waals surface area contributed by atoms with Gasteiger partial charge in [0, 0.05) is 13.0 Å². The normalized spacial score (nSPS) is 25.7. The number of allylic oxidation sites excluding steroid dienone is 6. The van der Waals surface area contributed by atoms with E-state index in [0.29, 0.717) is 13.0 Å². The number of carbonyl (C=O) groups is 1. The van der Waals surface area contributed by atoms with Crippen molar-refractivity contribution in [3.8, 4) is 0 Å². The third-order valence-corrected chi connectivity index (χ3v) is 13.4. The van der Waals surface area contributed by atoms with E-state index in [9.17, 15) is 40.5 Å². The zero-order valence-electron chi connectivity index (χ0n) is 43.8. The summed E-state index contributed by atoms with van der Waals surface area (Å²) in [6.07, 6.45) is 33.4. The third kappa shape index (κ3) is 30.4. The highest BCUT2D eigenvalue weighted by Crippen LogP contribution is 2.26. The SMILES string of the molecule is CCCC/C=C\C/C=C\CCCCCCCCOCC(COC1OC(COC2OC(CO)C(O)C(O)C2O)C(O)C(O)C1O)OC(=O)CCCCCCCCCCC/C=C\CCCCCCCCCC. The predicted octanol–water partition coefficient (Wildman–Crippen LogP) is 9.36. The van der Waals surface area contributed by atoms with Crippen molar-refractivity contribution in [2.75, 3.05) is 33.0 Å². The van der Waals surface area contributed by atoms with Crippen LogP contribution in [0.1, 0.15) is 213 Å². The summed E-state index contributed by atoms with van der Waals surface area (Å²) in [4.78, 5) is 13.1. The van der Waals surface area contributed by atoms with Gasteiger partial charge in [-0.3, -0.25) is 4.79 Å². The molecule has 2 rings (SSSR count). The van der Waals surface area contributed by atoms with Crippen molar-refractivity contribution in [2.45, 2.75) is 280 Å². The molecule has 2 heterocycles. The molecule has 14 nitrogen and oxygen atoms in total. The quantitative estimate of drug-likeness (QED) is 0.0172. The molecule has 2 aliphatic heterocycles. The number of carbonyl (C=O) groups excluding carboxylic acids is 1. The number of aliphatic hydroxyl groups is 7. The van der Waals surface area contributed by atoms with Crippen molar-refractivity contribution in [3.63, 3.8) is 0 Å². The van der Waals surface area contributed by atoms with Crippen LogP contribution in [0.4, 0.5) is 0 Å². The Balaban J connectivity index is 1.73. The Morgan fingerprint density at radius 3 is 1.43 bits per heavy atom. The van der Waals surface area contributed by atoms with E-state index in [1.165, 1.54) is 122 Å². The highest BCUT2D eigenvalue weighted by Gasteiger charge is 2.47. The van der Waals surface area contributed by atoms with E-state index in [1.807, 2.05) is 0 Å². The summed E-state index contributed by atoms with van der Waals surface area (Å²) in [5.74, 6) is -0.381. The van der Waals surface area contributed by atoms with E-state index >= 15 is 0 Å². The van der Waals surface area contributed by atoms with Crippen LogP contribution in [-0.4, -0.2) is 142 Å². The summed E-state index contributed by atoms with van der Waals surface area (Å²) in [6, 6.07) is 0. The number of hydrogen-bond acceptors (Lipinski definition) is 14. The number of ether oxygens (including phenoxy) is 6. The topological polar surface area (TPSA) is 214 Å². The van der Waals surface area contributed by atoms with E-state index in [4.69, 9.17) is 28.4 Å². The van der Waals surface area contributed by atoms with Gasteiger partial charge >= 0.3 is 5.97 Å². The first kappa shape index (κ1) is 64.3. The Labute approximate surface area is 423 Å². The maximum atomic E-state index is 13.1. The van der Waals surface area contributed by atoms with Gasteiger partial charge in [-0.25, -0.2) is 0 Å². The van der Waals surface area contributed by atoms with Gasteiger partial charge in [0.05, 0.1) is 26.4 Å². The largest absolute Gasteiger partial charge is 0.457 e. The van der Waals surface area contributed by atoms with Crippen molar-refractivity contribution in [3.05, 3.63) is 36.5 Å². The molecule has 0 amide bonds. The molecule has 0 aromatic rings. The van der Waals surface area contributed by atoms with Crippen molar-refractivity contribution in [1.29, 1.82) is 0 Å². The molecule has 11 atom stereocenters. The molecule has 0 aromatic heterocycles. The van der Waals surface area contributed by atoms with Crippen molar-refractivity contribution >= 4 is 5.97 Å². The molecule has 0 bridgehead atoms. The lowest BCUT2D eigenvalue weighted by atomic mass is 9.98. The lowest BCUT2D eigenvalue weighted by Gasteiger charge is -2.42. The van der Waals surface area contributed by atoms with Crippen LogP contribution in [-0.2, 0) is 33.2 Å². The van der Waals surface area contributed by atoms with Gasteiger partial charge in [-0.1, -0.05) is 179 Å². The average molecular weight is 999 g/mol. The molecule has 410 valence electrons. The van der Waals surface area contributed by atoms with E-state index in [0.717, 1.165) is 64.2 Å². The first-order valence-corrected chi connectivity index (χ1v) is 28.1. The summed E-state index contributed by atoms with van der Waals surface area (Å²) in [7, 11) is 0. The first-order valence-electron chi connectivity index (χ1n) is 28.1. The van der Waals surface area contributed by atoms with Crippen LogP contribution < -0.4 is 0 Å². The molecule has 0 radical (unpaired) electrons. The summed E-state index contributed by atoms with van der Waals surface area (Å²) in [5.41, 5.74) is 0. The van der Waals surface area contributed by atoms with E-state index in [1.54, 1.807) is 0 Å². The minimum Gasteiger partial charge on any atom is -0.457 e. The second kappa shape index (κ2) is 43.6. The van der Waals surface area contributed by atoms with Crippen LogP contribution in [0.3, 0.4) is 0 Å². The fourth-order valence-electron chi connectivity index (χ4n) is 8.77. The molecular weight excluding hydrogens is 897 g/mol. The first-order chi connectivity index (χ1) is 34.1. The molecule has 7 N–H and O–H groups in total. The maximum Gasteiger partial charge on any atom is 0.306 e. The van der Waals surface area contributed by atoms with Crippen molar-refractivity contribution in [2.24, 2.45) is 0 Å². The number of rotatable bonds is 45. The van der Waals surface area contributed by atoms with Crippen LogP contribution in [0.15, 0.2) is 36.5 Å². The predicted molar refractivity (Wildman–Crippen MR) is 275 cm³/mol. The number of unbranched alkanes of at least 4 members (excludes halogenated alkanes) is 25. The fraction of sp³-hybridized carbons (Fsp3) is 0.875. The average Bonchev–Trinajstić information content (AvgIpc) is 3.36. The van der Waals surface area contributed by atoms with Crippen LogP contribution in [0, 0.1) is 0 Å². The van der Waals surface area contributed by atoms with Gasteiger partial charge < -0.3 is 64.2 Å². The van der Waals surface area contributed by atoms with Crippen LogP contribution in [0.25, 0.3) is 0 Å². The molecule has 2 fully saturated rings. The highest BCUT2D eigenvalue weighted by atomic mass is 16.7.